The number of amides is 1. The molecule has 1 atom stereocenters. The number of aliphatic hydroxyl groups is 1. The molecular formula is C23H18ClF4N5O3. The van der Waals surface area contributed by atoms with Gasteiger partial charge in [-0.2, -0.15) is 0 Å². The van der Waals surface area contributed by atoms with Gasteiger partial charge in [-0.15, -0.1) is 8.78 Å². The Morgan fingerprint density at radius 1 is 1.33 bits per heavy atom. The number of alkyl halides is 5. The van der Waals surface area contributed by atoms with E-state index in [9.17, 15) is 27.5 Å². The minimum Gasteiger partial charge on any atom is -0.420 e. The van der Waals surface area contributed by atoms with Gasteiger partial charge in [-0.25, -0.2) is 18.8 Å². The van der Waals surface area contributed by atoms with E-state index in [2.05, 4.69) is 25.0 Å². The second-order valence-corrected chi connectivity index (χ2v) is 8.02. The molecule has 2 aromatic carbocycles. The Labute approximate surface area is 206 Å². The summed E-state index contributed by atoms with van der Waals surface area (Å²) in [7, 11) is 1.52. The van der Waals surface area contributed by atoms with Gasteiger partial charge in [0.25, 0.3) is 12.3 Å². The number of hydrogen-bond donors (Lipinski definition) is 2. The minimum absolute atomic E-state index is 0.0986. The molecule has 3 aromatic rings. The van der Waals surface area contributed by atoms with Crippen molar-refractivity contribution >= 4 is 52.4 Å². The molecule has 0 saturated heterocycles. The van der Waals surface area contributed by atoms with E-state index in [4.69, 9.17) is 11.6 Å². The van der Waals surface area contributed by atoms with E-state index < -0.39 is 36.4 Å². The topological polar surface area (TPSA) is 101 Å². The molecule has 0 unspecified atom stereocenters. The number of ether oxygens (including phenoxy) is 1. The van der Waals surface area contributed by atoms with Crippen molar-refractivity contribution in [2.75, 3.05) is 19.0 Å². The van der Waals surface area contributed by atoms with Gasteiger partial charge in [0, 0.05) is 47.3 Å². The Kier molecular flexibility index (Phi) is 7.09. The molecule has 36 heavy (non-hydrogen) atoms. The highest BCUT2D eigenvalue weighted by Crippen LogP contribution is 2.38. The van der Waals surface area contributed by atoms with Crippen molar-refractivity contribution in [2.45, 2.75) is 18.0 Å². The lowest BCUT2D eigenvalue weighted by atomic mass is 9.96. The quantitative estimate of drug-likeness (QED) is 0.187. The molecule has 0 fully saturated rings. The van der Waals surface area contributed by atoms with E-state index >= 15 is 0 Å². The number of aliphatic imine (C=N–C) groups is 2. The van der Waals surface area contributed by atoms with Gasteiger partial charge >= 0.3 is 5.57 Å². The highest BCUT2D eigenvalue weighted by atomic mass is 35.5. The Hall–Kier alpha value is -3.77. The van der Waals surface area contributed by atoms with E-state index in [1.807, 2.05) is 0 Å². The standard InChI is InChI=1S/C23H18ClF4N5O3/c1-29-11-30-9-13-6-15(10-34)33-19-17(13)7-12(8-18(19)32-21(33)20(25)26)22(35)31-14-2-4-16(5-3-14)36-23(24,27)28/h2-9,11,15,20,34H,10H2,1H3,(H,31,35)/b29-11-,30-9-/t15-/m1/s1. The van der Waals surface area contributed by atoms with Gasteiger partial charge in [0.2, 0.25) is 0 Å². The molecule has 1 amide bonds. The summed E-state index contributed by atoms with van der Waals surface area (Å²) in [5, 5.41) is 12.4. The van der Waals surface area contributed by atoms with Crippen LogP contribution in [0.1, 0.15) is 34.2 Å². The smallest absolute Gasteiger partial charge is 0.420 e. The van der Waals surface area contributed by atoms with Crippen molar-refractivity contribution in [1.82, 2.24) is 9.55 Å². The minimum atomic E-state index is -3.88. The number of imidazole rings is 1. The van der Waals surface area contributed by atoms with Gasteiger partial charge in [0.05, 0.1) is 23.7 Å². The first kappa shape index (κ1) is 25.3. The number of nitrogens with zero attached hydrogens (tertiary/aromatic N) is 4. The molecule has 0 bridgehead atoms. The van der Waals surface area contributed by atoms with E-state index in [1.165, 1.54) is 60.6 Å². The number of rotatable bonds is 8. The molecule has 0 saturated carbocycles. The van der Waals surface area contributed by atoms with Gasteiger partial charge in [0.15, 0.2) is 5.82 Å². The van der Waals surface area contributed by atoms with Crippen LogP contribution in [0.2, 0.25) is 0 Å². The van der Waals surface area contributed by atoms with Crippen LogP contribution in [-0.4, -0.2) is 52.3 Å². The predicted octanol–water partition coefficient (Wildman–Crippen LogP) is 5.05. The maximum Gasteiger partial charge on any atom is 0.487 e. The molecule has 0 aliphatic carbocycles. The molecule has 0 radical (unpaired) electrons. The average Bonchev–Trinajstić information content (AvgIpc) is 3.21. The number of allylic oxidation sites excluding steroid dienone is 1. The summed E-state index contributed by atoms with van der Waals surface area (Å²) in [5.41, 5.74) is -2.19. The largest absolute Gasteiger partial charge is 0.487 e. The first-order valence-corrected chi connectivity index (χ1v) is 10.8. The second-order valence-electron chi connectivity index (χ2n) is 7.58. The van der Waals surface area contributed by atoms with Gasteiger partial charge in [0.1, 0.15) is 12.1 Å². The Morgan fingerprint density at radius 2 is 2.06 bits per heavy atom. The van der Waals surface area contributed by atoms with E-state index in [0.29, 0.717) is 16.7 Å². The maximum atomic E-state index is 13.8. The summed E-state index contributed by atoms with van der Waals surface area (Å²) in [6, 6.07) is 7.07. The molecule has 1 aromatic heterocycles. The summed E-state index contributed by atoms with van der Waals surface area (Å²) in [4.78, 5) is 24.8. The fourth-order valence-corrected chi connectivity index (χ4v) is 3.92. The first-order chi connectivity index (χ1) is 17.1. The Balaban J connectivity index is 1.73. The van der Waals surface area contributed by atoms with Crippen LogP contribution in [0.25, 0.3) is 16.6 Å². The van der Waals surface area contributed by atoms with E-state index in [1.54, 1.807) is 6.08 Å². The lowest BCUT2D eigenvalue weighted by molar-refractivity contribution is -0.0964. The molecule has 1 aliphatic heterocycles. The zero-order valence-electron chi connectivity index (χ0n) is 18.5. The third-order valence-corrected chi connectivity index (χ3v) is 5.29. The van der Waals surface area contributed by atoms with Crippen molar-refractivity contribution in [2.24, 2.45) is 9.98 Å². The average molecular weight is 524 g/mol. The van der Waals surface area contributed by atoms with Crippen LogP contribution in [-0.2, 0) is 0 Å². The summed E-state index contributed by atoms with van der Waals surface area (Å²) in [6.07, 6.45) is 1.35. The molecule has 2 heterocycles. The lowest BCUT2D eigenvalue weighted by Gasteiger charge is -2.23. The van der Waals surface area contributed by atoms with Crippen molar-refractivity contribution in [3.8, 4) is 5.75 Å². The van der Waals surface area contributed by atoms with Crippen molar-refractivity contribution in [3.63, 3.8) is 0 Å². The number of benzene rings is 2. The zero-order valence-corrected chi connectivity index (χ0v) is 19.3. The number of carbonyl (C=O) groups is 1. The third-order valence-electron chi connectivity index (χ3n) is 5.21. The van der Waals surface area contributed by atoms with Crippen LogP contribution in [0.3, 0.4) is 0 Å². The SMILES string of the molecule is C/N=C\N=C/C1=C[C@H](CO)n2c(C(F)F)nc3cc(C(=O)Nc4ccc(OC(F)(F)Cl)cc4)cc1c32. The molecule has 2 N–H and O–H groups in total. The maximum absolute atomic E-state index is 13.8. The van der Waals surface area contributed by atoms with Gasteiger partial charge in [-0.05, 0) is 42.5 Å². The summed E-state index contributed by atoms with van der Waals surface area (Å²) in [6.45, 7) is -0.457. The van der Waals surface area contributed by atoms with Crippen LogP contribution in [0, 0.1) is 0 Å². The van der Waals surface area contributed by atoms with Crippen molar-refractivity contribution in [3.05, 3.63) is 59.4 Å². The fraction of sp³-hybridized carbons (Fsp3) is 0.217. The van der Waals surface area contributed by atoms with Crippen molar-refractivity contribution in [1.29, 1.82) is 0 Å². The predicted molar refractivity (Wildman–Crippen MR) is 128 cm³/mol. The highest BCUT2D eigenvalue weighted by Gasteiger charge is 2.30. The number of aliphatic hydroxyl groups excluding tert-OH is 1. The number of aromatic nitrogens is 2. The fourth-order valence-electron chi connectivity index (χ4n) is 3.83. The summed E-state index contributed by atoms with van der Waals surface area (Å²) in [5.74, 6) is -1.36. The Morgan fingerprint density at radius 3 is 2.67 bits per heavy atom. The molecular weight excluding hydrogens is 506 g/mol. The molecule has 0 spiro atoms. The van der Waals surface area contributed by atoms with E-state index in [-0.39, 0.29) is 22.5 Å². The summed E-state index contributed by atoms with van der Waals surface area (Å²) >= 11 is 4.74. The third kappa shape index (κ3) is 5.24. The number of carbonyl (C=O) groups excluding carboxylic acids is 1. The number of hydrogen-bond acceptors (Lipinski definition) is 5. The van der Waals surface area contributed by atoms with Crippen LogP contribution >= 0.6 is 11.6 Å². The molecule has 188 valence electrons. The van der Waals surface area contributed by atoms with Crippen LogP contribution in [0.5, 0.6) is 5.75 Å². The molecule has 13 heteroatoms. The monoisotopic (exact) mass is 523 g/mol. The summed E-state index contributed by atoms with van der Waals surface area (Å²) < 4.78 is 58.6. The van der Waals surface area contributed by atoms with Gasteiger partial charge in [-0.3, -0.25) is 9.79 Å². The zero-order chi connectivity index (χ0) is 26.0. The highest BCUT2D eigenvalue weighted by molar-refractivity contribution is 6.21. The Bertz CT molecular complexity index is 1380. The molecule has 4 rings (SSSR count). The van der Waals surface area contributed by atoms with Crippen LogP contribution < -0.4 is 10.1 Å². The first-order valence-electron chi connectivity index (χ1n) is 10.4. The normalized spacial score (nSPS) is 15.8. The lowest BCUT2D eigenvalue weighted by Crippen LogP contribution is -2.19. The van der Waals surface area contributed by atoms with Gasteiger partial charge < -0.3 is 19.7 Å². The number of anilines is 1. The number of halogens is 5. The van der Waals surface area contributed by atoms with Crippen LogP contribution in [0.4, 0.5) is 23.2 Å². The van der Waals surface area contributed by atoms with E-state index in [0.717, 1.165) is 0 Å². The van der Waals surface area contributed by atoms with Crippen LogP contribution in [0.15, 0.2) is 52.5 Å². The number of nitrogens with one attached hydrogen (secondary N) is 1. The van der Waals surface area contributed by atoms with Crippen molar-refractivity contribution < 1.29 is 32.2 Å². The molecule has 8 nitrogen and oxygen atoms in total. The molecule has 1 aliphatic rings. The van der Waals surface area contributed by atoms with Gasteiger partial charge in [-0.1, -0.05) is 0 Å². The second kappa shape index (κ2) is 10.1.